The summed E-state index contributed by atoms with van der Waals surface area (Å²) in [6.45, 7) is 7.96. The predicted octanol–water partition coefficient (Wildman–Crippen LogP) is 3.16. The van der Waals surface area contributed by atoms with Crippen LogP contribution in [-0.4, -0.2) is 33.3 Å². The van der Waals surface area contributed by atoms with Gasteiger partial charge in [0.15, 0.2) is 11.8 Å². The van der Waals surface area contributed by atoms with Crippen LogP contribution in [0.25, 0.3) is 0 Å². The minimum Gasteiger partial charge on any atom is -0.356 e. The summed E-state index contributed by atoms with van der Waals surface area (Å²) in [6.07, 6.45) is 7.64. The Hall–Kier alpha value is -0.860. The number of guanidine groups is 1. The van der Waals surface area contributed by atoms with Crippen LogP contribution in [0.15, 0.2) is 4.99 Å². The normalized spacial score (nSPS) is 16.1. The molecule has 6 nitrogen and oxygen atoms in total. The van der Waals surface area contributed by atoms with E-state index in [9.17, 15) is 0 Å². The molecule has 1 aromatic rings. The zero-order valence-electron chi connectivity index (χ0n) is 15.5. The molecule has 1 aromatic heterocycles. The monoisotopic (exact) mass is 448 g/mol. The van der Waals surface area contributed by atoms with Crippen LogP contribution in [0, 0.1) is 12.8 Å². The predicted molar refractivity (Wildman–Crippen MR) is 110 cm³/mol. The van der Waals surface area contributed by atoms with Crippen LogP contribution in [-0.2, 0) is 13.6 Å². The van der Waals surface area contributed by atoms with E-state index in [2.05, 4.69) is 34.7 Å². The first-order valence-electron chi connectivity index (χ1n) is 8.96. The average Bonchev–Trinajstić information content (AvgIpc) is 2.85. The van der Waals surface area contributed by atoms with Crippen LogP contribution in [0.5, 0.6) is 0 Å². The summed E-state index contributed by atoms with van der Waals surface area (Å²) >= 11 is 0. The average molecular weight is 448 g/mol. The van der Waals surface area contributed by atoms with Crippen LogP contribution in [0.1, 0.15) is 64.0 Å². The van der Waals surface area contributed by atoms with Crippen LogP contribution in [0.2, 0.25) is 0 Å². The minimum atomic E-state index is 0. The van der Waals surface area contributed by atoms with Crippen molar-refractivity contribution in [1.82, 2.24) is 25.4 Å². The molecule has 2 rings (SSSR count). The number of halogens is 1. The van der Waals surface area contributed by atoms with Gasteiger partial charge in [0.1, 0.15) is 12.4 Å². The molecule has 0 bridgehead atoms. The van der Waals surface area contributed by atoms with Gasteiger partial charge < -0.3 is 15.2 Å². The second-order valence-electron chi connectivity index (χ2n) is 6.98. The number of hydrogen-bond donors (Lipinski definition) is 2. The molecule has 0 amide bonds. The first kappa shape index (κ1) is 21.2. The van der Waals surface area contributed by atoms with Gasteiger partial charge in [-0.1, -0.05) is 33.1 Å². The van der Waals surface area contributed by atoms with E-state index in [-0.39, 0.29) is 24.0 Å². The highest BCUT2D eigenvalue weighted by molar-refractivity contribution is 14.0. The third-order valence-electron chi connectivity index (χ3n) is 4.52. The summed E-state index contributed by atoms with van der Waals surface area (Å²) in [7, 11) is 1.99. The molecule has 138 valence electrons. The Labute approximate surface area is 163 Å². The molecule has 0 atom stereocenters. The molecule has 1 aliphatic carbocycles. The van der Waals surface area contributed by atoms with Crippen molar-refractivity contribution in [3.8, 4) is 0 Å². The summed E-state index contributed by atoms with van der Waals surface area (Å²) in [5.74, 6) is 3.43. The molecule has 0 spiro atoms. The molecule has 1 fully saturated rings. The lowest BCUT2D eigenvalue weighted by molar-refractivity contribution is 0.409. The number of aliphatic imine (C=N–C) groups is 1. The highest BCUT2D eigenvalue weighted by Gasteiger charge is 2.15. The van der Waals surface area contributed by atoms with Gasteiger partial charge in [-0.25, -0.2) is 4.99 Å². The number of aryl methyl sites for hydroxylation is 1. The number of nitrogens with one attached hydrogen (secondary N) is 2. The molecule has 1 aliphatic rings. The molecule has 0 unspecified atom stereocenters. The summed E-state index contributed by atoms with van der Waals surface area (Å²) in [6, 6.07) is 0.551. The molecular formula is C17H33IN6. The van der Waals surface area contributed by atoms with Gasteiger partial charge in [0, 0.05) is 19.6 Å². The van der Waals surface area contributed by atoms with Crippen molar-refractivity contribution in [2.75, 3.05) is 6.54 Å². The standard InChI is InChI=1S/C17H32N6.HI/c1-13(2)10-11-18-17(20-15-8-6-5-7-9-15)19-12-16-22-21-14(3)23(16)4;/h13,15H,5-12H2,1-4H3,(H2,18,19,20);1H. The zero-order valence-corrected chi connectivity index (χ0v) is 17.8. The minimum absolute atomic E-state index is 0. The maximum atomic E-state index is 4.73. The van der Waals surface area contributed by atoms with E-state index < -0.39 is 0 Å². The second-order valence-corrected chi connectivity index (χ2v) is 6.98. The Kier molecular flexibility index (Phi) is 9.61. The smallest absolute Gasteiger partial charge is 0.191 e. The fourth-order valence-corrected chi connectivity index (χ4v) is 2.81. The fourth-order valence-electron chi connectivity index (χ4n) is 2.81. The van der Waals surface area contributed by atoms with E-state index >= 15 is 0 Å². The lowest BCUT2D eigenvalue weighted by atomic mass is 9.96. The molecule has 0 aromatic carbocycles. The zero-order chi connectivity index (χ0) is 16.7. The van der Waals surface area contributed by atoms with E-state index in [1.807, 2.05) is 18.5 Å². The van der Waals surface area contributed by atoms with Crippen molar-refractivity contribution in [2.24, 2.45) is 18.0 Å². The van der Waals surface area contributed by atoms with Crippen LogP contribution in [0.4, 0.5) is 0 Å². The summed E-state index contributed by atoms with van der Waals surface area (Å²) in [5, 5.41) is 15.4. The molecule has 0 aliphatic heterocycles. The van der Waals surface area contributed by atoms with Gasteiger partial charge in [0.25, 0.3) is 0 Å². The Morgan fingerprint density at radius 2 is 1.96 bits per heavy atom. The van der Waals surface area contributed by atoms with Gasteiger partial charge in [0.2, 0.25) is 0 Å². The van der Waals surface area contributed by atoms with Gasteiger partial charge in [-0.3, -0.25) is 0 Å². The maximum absolute atomic E-state index is 4.73. The molecule has 1 saturated carbocycles. The van der Waals surface area contributed by atoms with Gasteiger partial charge in [0.05, 0.1) is 0 Å². The second kappa shape index (κ2) is 10.9. The molecule has 7 heteroatoms. The maximum Gasteiger partial charge on any atom is 0.191 e. The lowest BCUT2D eigenvalue weighted by Gasteiger charge is -2.25. The van der Waals surface area contributed by atoms with E-state index in [0.29, 0.717) is 18.5 Å². The van der Waals surface area contributed by atoms with Crippen LogP contribution in [0.3, 0.4) is 0 Å². The Morgan fingerprint density at radius 3 is 2.54 bits per heavy atom. The third kappa shape index (κ3) is 6.94. The van der Waals surface area contributed by atoms with Gasteiger partial charge in [-0.15, -0.1) is 34.2 Å². The Bertz CT molecular complexity index is 505. The Morgan fingerprint density at radius 1 is 1.25 bits per heavy atom. The van der Waals surface area contributed by atoms with Gasteiger partial charge in [-0.05, 0) is 32.1 Å². The number of nitrogens with zero attached hydrogens (tertiary/aromatic N) is 4. The van der Waals surface area contributed by atoms with E-state index in [1.165, 1.54) is 32.1 Å². The fraction of sp³-hybridized carbons (Fsp3) is 0.824. The summed E-state index contributed by atoms with van der Waals surface area (Å²) in [5.41, 5.74) is 0. The van der Waals surface area contributed by atoms with E-state index in [1.54, 1.807) is 0 Å². The highest BCUT2D eigenvalue weighted by atomic mass is 127. The van der Waals surface area contributed by atoms with Gasteiger partial charge >= 0.3 is 0 Å². The van der Waals surface area contributed by atoms with Crippen molar-refractivity contribution in [2.45, 2.75) is 71.9 Å². The van der Waals surface area contributed by atoms with E-state index in [4.69, 9.17) is 4.99 Å². The molecule has 24 heavy (non-hydrogen) atoms. The molecule has 0 saturated heterocycles. The summed E-state index contributed by atoms with van der Waals surface area (Å²) in [4.78, 5) is 4.73. The lowest BCUT2D eigenvalue weighted by Crippen LogP contribution is -2.44. The molecule has 0 radical (unpaired) electrons. The Balaban J connectivity index is 0.00000288. The SMILES string of the molecule is Cc1nnc(CN=C(NCCC(C)C)NC2CCCCC2)n1C.I. The van der Waals surface area contributed by atoms with Crippen molar-refractivity contribution >= 4 is 29.9 Å². The summed E-state index contributed by atoms with van der Waals surface area (Å²) < 4.78 is 2.00. The first-order valence-corrected chi connectivity index (χ1v) is 8.96. The molecule has 1 heterocycles. The topological polar surface area (TPSA) is 67.1 Å². The van der Waals surface area contributed by atoms with Crippen molar-refractivity contribution in [3.05, 3.63) is 11.6 Å². The number of aromatic nitrogens is 3. The number of hydrogen-bond acceptors (Lipinski definition) is 3. The third-order valence-corrected chi connectivity index (χ3v) is 4.52. The largest absolute Gasteiger partial charge is 0.356 e. The van der Waals surface area contributed by atoms with Crippen molar-refractivity contribution in [1.29, 1.82) is 0 Å². The number of rotatable bonds is 6. The van der Waals surface area contributed by atoms with Crippen LogP contribution >= 0.6 is 24.0 Å². The van der Waals surface area contributed by atoms with Crippen LogP contribution < -0.4 is 10.6 Å². The van der Waals surface area contributed by atoms with E-state index in [0.717, 1.165) is 30.6 Å². The van der Waals surface area contributed by atoms with Crippen molar-refractivity contribution < 1.29 is 0 Å². The first-order chi connectivity index (χ1) is 11.1. The highest BCUT2D eigenvalue weighted by Crippen LogP contribution is 2.17. The van der Waals surface area contributed by atoms with Crippen molar-refractivity contribution in [3.63, 3.8) is 0 Å². The molecule has 2 N–H and O–H groups in total. The quantitative estimate of drug-likeness (QED) is 0.399. The van der Waals surface area contributed by atoms with Gasteiger partial charge in [-0.2, -0.15) is 0 Å². The molecular weight excluding hydrogens is 415 g/mol.